The molecule has 1 aromatic rings. The number of hydrogen-bond acceptors (Lipinski definition) is 5. The van der Waals surface area contributed by atoms with Crippen molar-refractivity contribution < 1.29 is 18.9 Å². The van der Waals surface area contributed by atoms with E-state index in [9.17, 15) is 0 Å². The maximum Gasteiger partial charge on any atom is 0.231 e. The van der Waals surface area contributed by atoms with Crippen LogP contribution in [0, 0.1) is 0 Å². The van der Waals surface area contributed by atoms with Gasteiger partial charge in [-0.25, -0.2) is 0 Å². The van der Waals surface area contributed by atoms with Gasteiger partial charge >= 0.3 is 0 Å². The van der Waals surface area contributed by atoms with Gasteiger partial charge in [-0.2, -0.15) is 0 Å². The Labute approximate surface area is 125 Å². The smallest absolute Gasteiger partial charge is 0.231 e. The van der Waals surface area contributed by atoms with Crippen LogP contribution in [0.3, 0.4) is 0 Å². The molecule has 1 fully saturated rings. The molecule has 5 nitrogen and oxygen atoms in total. The number of benzene rings is 1. The monoisotopic (exact) mass is 293 g/mol. The van der Waals surface area contributed by atoms with E-state index in [4.69, 9.17) is 24.7 Å². The van der Waals surface area contributed by atoms with Crippen molar-refractivity contribution in [1.82, 2.24) is 0 Å². The first-order chi connectivity index (χ1) is 9.81. The standard InChI is InChI=1S/C16H23NO4/c1-15(2)7-14(16(3,4)21-15)20-11-6-13-12(18-9-19-13)5-10(11)8-17/h5-6,14H,7-9,17H2,1-4H3. The van der Waals surface area contributed by atoms with E-state index >= 15 is 0 Å². The van der Waals surface area contributed by atoms with E-state index in [1.807, 2.05) is 12.1 Å². The summed E-state index contributed by atoms with van der Waals surface area (Å²) in [6.07, 6.45) is 0.802. The van der Waals surface area contributed by atoms with E-state index in [0.717, 1.165) is 23.5 Å². The van der Waals surface area contributed by atoms with Gasteiger partial charge in [-0.15, -0.1) is 0 Å². The zero-order chi connectivity index (χ0) is 15.3. The molecular weight excluding hydrogens is 270 g/mol. The van der Waals surface area contributed by atoms with Crippen LogP contribution in [0.1, 0.15) is 39.7 Å². The van der Waals surface area contributed by atoms with Crippen molar-refractivity contribution in [2.75, 3.05) is 6.79 Å². The molecule has 1 unspecified atom stereocenters. The molecule has 0 aliphatic carbocycles. The average molecular weight is 293 g/mol. The van der Waals surface area contributed by atoms with Gasteiger partial charge in [0.1, 0.15) is 17.5 Å². The molecule has 1 saturated heterocycles. The second kappa shape index (κ2) is 4.78. The van der Waals surface area contributed by atoms with E-state index in [0.29, 0.717) is 12.3 Å². The van der Waals surface area contributed by atoms with Gasteiger partial charge in [-0.05, 0) is 33.8 Å². The van der Waals surface area contributed by atoms with Gasteiger partial charge in [0.05, 0.1) is 5.60 Å². The van der Waals surface area contributed by atoms with Crippen molar-refractivity contribution in [3.8, 4) is 17.2 Å². The van der Waals surface area contributed by atoms with Crippen molar-refractivity contribution in [3.05, 3.63) is 17.7 Å². The Morgan fingerprint density at radius 1 is 1.19 bits per heavy atom. The van der Waals surface area contributed by atoms with Crippen LogP contribution in [0.4, 0.5) is 0 Å². The van der Waals surface area contributed by atoms with Gasteiger partial charge in [-0.1, -0.05) is 0 Å². The third kappa shape index (κ3) is 2.68. The molecule has 2 heterocycles. The normalized spacial score (nSPS) is 25.1. The first kappa shape index (κ1) is 14.5. The van der Waals surface area contributed by atoms with Crippen molar-refractivity contribution in [3.63, 3.8) is 0 Å². The van der Waals surface area contributed by atoms with E-state index in [1.54, 1.807) is 0 Å². The highest BCUT2D eigenvalue weighted by Gasteiger charge is 2.47. The number of ether oxygens (including phenoxy) is 4. The Morgan fingerprint density at radius 2 is 1.86 bits per heavy atom. The molecule has 3 rings (SSSR count). The van der Waals surface area contributed by atoms with Crippen LogP contribution >= 0.6 is 0 Å². The summed E-state index contributed by atoms with van der Waals surface area (Å²) in [6, 6.07) is 3.76. The molecule has 1 aromatic carbocycles. The summed E-state index contributed by atoms with van der Waals surface area (Å²) < 4.78 is 23.1. The molecule has 0 radical (unpaired) electrons. The van der Waals surface area contributed by atoms with Crippen LogP contribution < -0.4 is 19.9 Å². The highest BCUT2D eigenvalue weighted by molar-refractivity contribution is 5.52. The van der Waals surface area contributed by atoms with Gasteiger partial charge < -0.3 is 24.7 Å². The van der Waals surface area contributed by atoms with Gasteiger partial charge in [-0.3, -0.25) is 0 Å². The molecule has 5 heteroatoms. The van der Waals surface area contributed by atoms with Crippen LogP contribution in [0.2, 0.25) is 0 Å². The Morgan fingerprint density at radius 3 is 2.43 bits per heavy atom. The molecule has 0 spiro atoms. The lowest BCUT2D eigenvalue weighted by Gasteiger charge is -2.28. The van der Waals surface area contributed by atoms with Gasteiger partial charge in [0.15, 0.2) is 11.5 Å². The third-order valence-corrected chi connectivity index (χ3v) is 4.04. The fourth-order valence-electron chi connectivity index (χ4n) is 3.08. The molecular formula is C16H23NO4. The summed E-state index contributed by atoms with van der Waals surface area (Å²) in [5, 5.41) is 0. The number of hydrogen-bond donors (Lipinski definition) is 1. The van der Waals surface area contributed by atoms with Crippen molar-refractivity contribution >= 4 is 0 Å². The summed E-state index contributed by atoms with van der Waals surface area (Å²) in [5.41, 5.74) is 6.22. The summed E-state index contributed by atoms with van der Waals surface area (Å²) in [6.45, 7) is 8.92. The Balaban J connectivity index is 1.88. The first-order valence-electron chi connectivity index (χ1n) is 7.30. The summed E-state index contributed by atoms with van der Waals surface area (Å²) in [7, 11) is 0. The van der Waals surface area contributed by atoms with Crippen LogP contribution in [0.25, 0.3) is 0 Å². The molecule has 0 bridgehead atoms. The maximum absolute atomic E-state index is 6.23. The molecule has 0 amide bonds. The van der Waals surface area contributed by atoms with Crippen LogP contribution in [-0.2, 0) is 11.3 Å². The zero-order valence-corrected chi connectivity index (χ0v) is 13.1. The molecule has 116 valence electrons. The lowest BCUT2D eigenvalue weighted by Crippen LogP contribution is -2.37. The average Bonchev–Trinajstić information content (AvgIpc) is 2.89. The van der Waals surface area contributed by atoms with E-state index in [1.165, 1.54) is 0 Å². The molecule has 0 saturated carbocycles. The van der Waals surface area contributed by atoms with E-state index < -0.39 is 0 Å². The van der Waals surface area contributed by atoms with Crippen LogP contribution in [0.5, 0.6) is 17.2 Å². The number of fused-ring (bicyclic) bond motifs is 1. The van der Waals surface area contributed by atoms with Crippen LogP contribution in [-0.4, -0.2) is 24.1 Å². The second-order valence-corrected chi connectivity index (χ2v) is 6.79. The second-order valence-electron chi connectivity index (χ2n) is 6.79. The van der Waals surface area contributed by atoms with Crippen molar-refractivity contribution in [2.24, 2.45) is 5.73 Å². The fraction of sp³-hybridized carbons (Fsp3) is 0.625. The highest BCUT2D eigenvalue weighted by Crippen LogP contribution is 2.43. The predicted octanol–water partition coefficient (Wildman–Crippen LogP) is 2.60. The number of nitrogens with two attached hydrogens (primary N) is 1. The summed E-state index contributed by atoms with van der Waals surface area (Å²) in [5.74, 6) is 2.18. The molecule has 0 aromatic heterocycles. The SMILES string of the molecule is CC1(C)CC(Oc2cc3c(cc2CN)OCO3)C(C)(C)O1. The van der Waals surface area contributed by atoms with Gasteiger partial charge in [0.25, 0.3) is 0 Å². The zero-order valence-electron chi connectivity index (χ0n) is 13.1. The Hall–Kier alpha value is -1.46. The van der Waals surface area contributed by atoms with Gasteiger partial charge in [0, 0.05) is 24.6 Å². The lowest BCUT2D eigenvalue weighted by atomic mass is 9.97. The largest absolute Gasteiger partial charge is 0.487 e. The topological polar surface area (TPSA) is 62.9 Å². The van der Waals surface area contributed by atoms with Crippen molar-refractivity contribution in [2.45, 2.75) is 58.0 Å². The van der Waals surface area contributed by atoms with Crippen LogP contribution in [0.15, 0.2) is 12.1 Å². The van der Waals surface area contributed by atoms with Gasteiger partial charge in [0.2, 0.25) is 6.79 Å². The first-order valence-corrected chi connectivity index (χ1v) is 7.30. The lowest BCUT2D eigenvalue weighted by molar-refractivity contribution is -0.0846. The minimum absolute atomic E-state index is 0.0295. The van der Waals surface area contributed by atoms with Crippen molar-refractivity contribution in [1.29, 1.82) is 0 Å². The van der Waals surface area contributed by atoms with E-state index in [-0.39, 0.29) is 24.1 Å². The quantitative estimate of drug-likeness (QED) is 0.928. The van der Waals surface area contributed by atoms with E-state index in [2.05, 4.69) is 27.7 Å². The summed E-state index contributed by atoms with van der Waals surface area (Å²) >= 11 is 0. The minimum Gasteiger partial charge on any atom is -0.487 e. The molecule has 2 N–H and O–H groups in total. The molecule has 2 aliphatic heterocycles. The Bertz CT molecular complexity index is 553. The number of rotatable bonds is 3. The highest BCUT2D eigenvalue weighted by atomic mass is 16.7. The maximum atomic E-state index is 6.23. The summed E-state index contributed by atoms with van der Waals surface area (Å²) in [4.78, 5) is 0. The Kier molecular flexibility index (Phi) is 3.30. The fourth-order valence-corrected chi connectivity index (χ4v) is 3.08. The molecule has 2 aliphatic rings. The molecule has 1 atom stereocenters. The third-order valence-electron chi connectivity index (χ3n) is 4.04. The predicted molar refractivity (Wildman–Crippen MR) is 78.7 cm³/mol. The molecule has 21 heavy (non-hydrogen) atoms. The minimum atomic E-state index is -0.342.